The highest BCUT2D eigenvalue weighted by Gasteiger charge is 2.17. The maximum Gasteiger partial charge on any atom is 0.290 e. The predicted molar refractivity (Wildman–Crippen MR) is 79.6 cm³/mol. The van der Waals surface area contributed by atoms with Gasteiger partial charge in [-0.05, 0) is 31.2 Å². The summed E-state index contributed by atoms with van der Waals surface area (Å²) in [5, 5.41) is 0. The molecule has 0 saturated carbocycles. The van der Waals surface area contributed by atoms with Crippen molar-refractivity contribution in [2.45, 2.75) is 16.7 Å². The molecule has 20 heavy (non-hydrogen) atoms. The highest BCUT2D eigenvalue weighted by Crippen LogP contribution is 2.18. The lowest BCUT2D eigenvalue weighted by Gasteiger charge is -2.05. The molecular formula is C14H15NO3S2. The smallest absolute Gasteiger partial charge is 0.244 e. The number of nitrogens with zero attached hydrogens (tertiary/aromatic N) is 1. The fourth-order valence-electron chi connectivity index (χ4n) is 1.66. The highest BCUT2D eigenvalue weighted by molar-refractivity contribution is 8.03. The molecule has 4 nitrogen and oxygen atoms in total. The normalized spacial score (nSPS) is 14.5. The van der Waals surface area contributed by atoms with Gasteiger partial charge in [0, 0.05) is 11.2 Å². The molecule has 2 aromatic rings. The number of hydrogen-bond acceptors (Lipinski definition) is 3. The molecule has 1 atom stereocenters. The van der Waals surface area contributed by atoms with Crippen LogP contribution in [-0.2, 0) is 19.8 Å². The zero-order valence-corrected chi connectivity index (χ0v) is 12.8. The molecule has 6 heteroatoms. The minimum absolute atomic E-state index is 0.0496. The first-order valence-electron chi connectivity index (χ1n) is 5.91. The van der Waals surface area contributed by atoms with E-state index >= 15 is 0 Å². The van der Waals surface area contributed by atoms with E-state index in [1.54, 1.807) is 42.5 Å². The van der Waals surface area contributed by atoms with Gasteiger partial charge in [-0.2, -0.15) is 8.42 Å². The van der Waals surface area contributed by atoms with Crippen LogP contribution >= 0.6 is 0 Å². The van der Waals surface area contributed by atoms with Gasteiger partial charge in [0.1, 0.15) is 0 Å². The van der Waals surface area contributed by atoms with Gasteiger partial charge in [-0.1, -0.05) is 35.9 Å². The maximum atomic E-state index is 12.5. The van der Waals surface area contributed by atoms with Crippen LogP contribution in [0.2, 0.25) is 0 Å². The van der Waals surface area contributed by atoms with Crippen molar-refractivity contribution >= 4 is 19.8 Å². The largest absolute Gasteiger partial charge is 0.290 e. The Morgan fingerprint density at radius 2 is 1.35 bits per heavy atom. The van der Waals surface area contributed by atoms with Crippen LogP contribution in [0.4, 0.5) is 0 Å². The standard InChI is InChI=1S/C14H15NO3S2/c1-12-8-10-14(11-9-12)20(17,18)15-19(2,16)13-6-4-3-5-7-13/h3-11H,1-2H3/t19-/m0/s1. The van der Waals surface area contributed by atoms with Crippen LogP contribution in [0, 0.1) is 6.92 Å². The Morgan fingerprint density at radius 3 is 1.90 bits per heavy atom. The Balaban J connectivity index is 2.53. The van der Waals surface area contributed by atoms with Gasteiger partial charge in [0.15, 0.2) is 0 Å². The molecule has 106 valence electrons. The average molecular weight is 309 g/mol. The average Bonchev–Trinajstić information content (AvgIpc) is 2.39. The third kappa shape index (κ3) is 3.26. The van der Waals surface area contributed by atoms with Gasteiger partial charge >= 0.3 is 0 Å². The summed E-state index contributed by atoms with van der Waals surface area (Å²) in [6.45, 7) is 1.86. The van der Waals surface area contributed by atoms with E-state index in [0.29, 0.717) is 4.90 Å². The molecule has 0 bridgehead atoms. The third-order valence-electron chi connectivity index (χ3n) is 2.74. The van der Waals surface area contributed by atoms with E-state index in [9.17, 15) is 12.6 Å². The van der Waals surface area contributed by atoms with Gasteiger partial charge in [0.2, 0.25) is 0 Å². The Morgan fingerprint density at radius 1 is 0.800 bits per heavy atom. The Kier molecular flexibility index (Phi) is 3.96. The van der Waals surface area contributed by atoms with Crippen molar-refractivity contribution < 1.29 is 12.6 Å². The van der Waals surface area contributed by atoms with Crippen LogP contribution in [-0.4, -0.2) is 18.9 Å². The van der Waals surface area contributed by atoms with Crippen LogP contribution < -0.4 is 0 Å². The van der Waals surface area contributed by atoms with Crippen molar-refractivity contribution in [2.75, 3.05) is 6.26 Å². The van der Waals surface area contributed by atoms with E-state index < -0.39 is 19.8 Å². The van der Waals surface area contributed by atoms with Crippen LogP contribution in [0.5, 0.6) is 0 Å². The van der Waals surface area contributed by atoms with Crippen molar-refractivity contribution in [3.8, 4) is 0 Å². The summed E-state index contributed by atoms with van der Waals surface area (Å²) >= 11 is 0. The monoisotopic (exact) mass is 309 g/mol. The number of rotatable bonds is 3. The van der Waals surface area contributed by atoms with Crippen molar-refractivity contribution in [1.82, 2.24) is 0 Å². The lowest BCUT2D eigenvalue weighted by Crippen LogP contribution is -2.04. The molecule has 0 amide bonds. The first-order chi connectivity index (χ1) is 9.31. The summed E-state index contributed by atoms with van der Waals surface area (Å²) in [6, 6.07) is 14.7. The van der Waals surface area contributed by atoms with Gasteiger partial charge in [-0.15, -0.1) is 3.77 Å². The lowest BCUT2D eigenvalue weighted by atomic mass is 10.2. The first-order valence-corrected chi connectivity index (χ1v) is 9.28. The molecule has 0 aliphatic rings. The van der Waals surface area contributed by atoms with E-state index in [1.165, 1.54) is 18.4 Å². The molecule has 0 radical (unpaired) electrons. The van der Waals surface area contributed by atoms with E-state index in [-0.39, 0.29) is 4.90 Å². The van der Waals surface area contributed by atoms with E-state index in [1.807, 2.05) is 6.92 Å². The fourth-order valence-corrected chi connectivity index (χ4v) is 4.99. The van der Waals surface area contributed by atoms with Crippen LogP contribution in [0.1, 0.15) is 5.56 Å². The van der Waals surface area contributed by atoms with Crippen LogP contribution in [0.3, 0.4) is 0 Å². The quantitative estimate of drug-likeness (QED) is 0.875. The van der Waals surface area contributed by atoms with Gasteiger partial charge in [-0.25, -0.2) is 4.21 Å². The molecule has 0 aromatic heterocycles. The second-order valence-corrected chi connectivity index (χ2v) is 8.57. The summed E-state index contributed by atoms with van der Waals surface area (Å²) < 4.78 is 40.5. The zero-order valence-electron chi connectivity index (χ0n) is 11.2. The number of benzene rings is 2. The highest BCUT2D eigenvalue weighted by atomic mass is 32.3. The molecule has 0 aliphatic carbocycles. The molecule has 0 fully saturated rings. The minimum atomic E-state index is -3.93. The summed E-state index contributed by atoms with van der Waals surface area (Å²) in [5.74, 6) is 0. The SMILES string of the molecule is Cc1ccc(S(=O)(=O)N=[S@@](C)(=O)c2ccccc2)cc1. The second kappa shape index (κ2) is 5.38. The Bertz CT molecular complexity index is 816. The molecule has 0 spiro atoms. The predicted octanol–water partition coefficient (Wildman–Crippen LogP) is 2.84. The minimum Gasteiger partial charge on any atom is -0.244 e. The summed E-state index contributed by atoms with van der Waals surface area (Å²) in [7, 11) is -6.92. The van der Waals surface area contributed by atoms with E-state index in [0.717, 1.165) is 5.56 Å². The fraction of sp³-hybridized carbons (Fsp3) is 0.143. The maximum absolute atomic E-state index is 12.5. The number of hydrogen-bond donors (Lipinski definition) is 0. The molecule has 2 rings (SSSR count). The molecular weight excluding hydrogens is 294 g/mol. The molecule has 0 aliphatic heterocycles. The zero-order chi connectivity index (χ0) is 14.8. The first kappa shape index (κ1) is 14.7. The third-order valence-corrected chi connectivity index (χ3v) is 6.68. The van der Waals surface area contributed by atoms with E-state index in [4.69, 9.17) is 0 Å². The summed E-state index contributed by atoms with van der Waals surface area (Å²) in [5.41, 5.74) is 0.948. The molecule has 0 heterocycles. The van der Waals surface area contributed by atoms with E-state index in [2.05, 4.69) is 3.77 Å². The molecule has 0 unspecified atom stereocenters. The lowest BCUT2D eigenvalue weighted by molar-refractivity contribution is 0.598. The summed E-state index contributed by atoms with van der Waals surface area (Å²) in [4.78, 5) is 0.448. The summed E-state index contributed by atoms with van der Waals surface area (Å²) in [6.07, 6.45) is 1.33. The van der Waals surface area contributed by atoms with Gasteiger partial charge in [-0.3, -0.25) is 0 Å². The van der Waals surface area contributed by atoms with Crippen molar-refractivity contribution in [2.24, 2.45) is 3.77 Å². The van der Waals surface area contributed by atoms with Gasteiger partial charge in [0.05, 0.1) is 14.6 Å². The topological polar surface area (TPSA) is 63.6 Å². The van der Waals surface area contributed by atoms with Gasteiger partial charge in [0.25, 0.3) is 10.0 Å². The second-order valence-electron chi connectivity index (χ2n) is 4.48. The Labute approximate surface area is 119 Å². The van der Waals surface area contributed by atoms with Crippen molar-refractivity contribution in [3.63, 3.8) is 0 Å². The molecule has 2 aromatic carbocycles. The van der Waals surface area contributed by atoms with Crippen molar-refractivity contribution in [3.05, 3.63) is 60.2 Å². The van der Waals surface area contributed by atoms with Crippen molar-refractivity contribution in [1.29, 1.82) is 0 Å². The van der Waals surface area contributed by atoms with Crippen LogP contribution in [0.25, 0.3) is 0 Å². The molecule has 0 saturated heterocycles. The number of sulfonamides is 1. The molecule has 0 N–H and O–H groups in total. The Hall–Kier alpha value is -1.66. The van der Waals surface area contributed by atoms with Crippen LogP contribution in [0.15, 0.2) is 68.2 Å². The number of aryl methyl sites for hydroxylation is 1. The van der Waals surface area contributed by atoms with Gasteiger partial charge < -0.3 is 0 Å².